The fourth-order valence-corrected chi connectivity index (χ4v) is 3.70. The minimum atomic E-state index is -0.139. The second-order valence-electron chi connectivity index (χ2n) is 6.43. The van der Waals surface area contributed by atoms with Gasteiger partial charge in [-0.1, -0.05) is 18.2 Å². The third kappa shape index (κ3) is 2.00. The van der Waals surface area contributed by atoms with Crippen LogP contribution in [0.25, 0.3) is 11.1 Å². The monoisotopic (exact) mass is 296 g/mol. The molecule has 1 unspecified atom stereocenters. The van der Waals surface area contributed by atoms with E-state index in [2.05, 4.69) is 40.3 Å². The molecule has 2 aliphatic rings. The third-order valence-electron chi connectivity index (χ3n) is 4.84. The summed E-state index contributed by atoms with van der Waals surface area (Å²) in [6.07, 6.45) is 2.92. The summed E-state index contributed by atoms with van der Waals surface area (Å²) in [5, 5.41) is 7.36. The second kappa shape index (κ2) is 4.60. The number of aromatic amines is 1. The number of nitrogens with one attached hydrogen (secondary N) is 1. The number of hydrogen-bond donors (Lipinski definition) is 2. The molecule has 3 N–H and O–H groups in total. The Morgan fingerprint density at radius 2 is 2.14 bits per heavy atom. The Bertz CT molecular complexity index is 757. The molecule has 1 aromatic heterocycles. The highest BCUT2D eigenvalue weighted by Gasteiger charge is 2.39. The van der Waals surface area contributed by atoms with Gasteiger partial charge in [0.25, 0.3) is 6.02 Å². The van der Waals surface area contributed by atoms with Gasteiger partial charge in [-0.2, -0.15) is 5.10 Å². The lowest BCUT2D eigenvalue weighted by Gasteiger charge is -2.30. The lowest BCUT2D eigenvalue weighted by atomic mass is 9.78. The molecule has 1 atom stereocenters. The Hall–Kier alpha value is -2.30. The largest absolute Gasteiger partial charge is 0.463 e. The molecule has 22 heavy (non-hydrogen) atoms. The van der Waals surface area contributed by atoms with Crippen molar-refractivity contribution in [2.75, 3.05) is 6.61 Å². The minimum Gasteiger partial charge on any atom is -0.463 e. The van der Waals surface area contributed by atoms with E-state index in [4.69, 9.17) is 10.5 Å². The van der Waals surface area contributed by atoms with Gasteiger partial charge < -0.3 is 10.5 Å². The molecule has 0 bridgehead atoms. The first-order valence-electron chi connectivity index (χ1n) is 7.68. The maximum atomic E-state index is 5.70. The first-order valence-corrected chi connectivity index (χ1v) is 7.68. The molecule has 1 aliphatic carbocycles. The molecule has 4 rings (SSSR count). The lowest BCUT2D eigenvalue weighted by molar-refractivity contribution is 0.235. The van der Waals surface area contributed by atoms with E-state index in [-0.39, 0.29) is 5.54 Å². The number of ether oxygens (including phenoxy) is 1. The van der Waals surface area contributed by atoms with Gasteiger partial charge in [0.05, 0.1) is 5.69 Å². The van der Waals surface area contributed by atoms with Crippen molar-refractivity contribution >= 4 is 6.02 Å². The van der Waals surface area contributed by atoms with Gasteiger partial charge >= 0.3 is 0 Å². The van der Waals surface area contributed by atoms with Crippen LogP contribution < -0.4 is 5.73 Å². The van der Waals surface area contributed by atoms with Gasteiger partial charge in [0, 0.05) is 17.7 Å². The van der Waals surface area contributed by atoms with Crippen LogP contribution in [-0.4, -0.2) is 28.4 Å². The number of fused-ring (bicyclic) bond motifs is 1. The van der Waals surface area contributed by atoms with Crippen LogP contribution in [0.3, 0.4) is 0 Å². The topological polar surface area (TPSA) is 76.3 Å². The number of H-pyrrole nitrogens is 1. The molecule has 0 amide bonds. The first-order chi connectivity index (χ1) is 10.6. The number of amidine groups is 1. The van der Waals surface area contributed by atoms with Crippen LogP contribution in [0, 0.1) is 13.8 Å². The van der Waals surface area contributed by atoms with Crippen molar-refractivity contribution in [1.29, 1.82) is 0 Å². The summed E-state index contributed by atoms with van der Waals surface area (Å²) in [6.45, 7) is 4.72. The van der Waals surface area contributed by atoms with E-state index in [0.29, 0.717) is 12.6 Å². The van der Waals surface area contributed by atoms with E-state index in [9.17, 15) is 0 Å². The van der Waals surface area contributed by atoms with Crippen LogP contribution in [0.4, 0.5) is 0 Å². The number of nitrogens with two attached hydrogens (primary N) is 1. The van der Waals surface area contributed by atoms with Gasteiger partial charge in [0.15, 0.2) is 0 Å². The van der Waals surface area contributed by atoms with E-state index < -0.39 is 0 Å². The van der Waals surface area contributed by atoms with Crippen molar-refractivity contribution < 1.29 is 4.74 Å². The number of aromatic nitrogens is 2. The molecule has 114 valence electrons. The van der Waals surface area contributed by atoms with Crippen LogP contribution in [0.15, 0.2) is 23.2 Å². The molecule has 0 saturated carbocycles. The maximum Gasteiger partial charge on any atom is 0.282 e. The first kappa shape index (κ1) is 13.4. The van der Waals surface area contributed by atoms with E-state index in [1.165, 1.54) is 22.3 Å². The zero-order valence-corrected chi connectivity index (χ0v) is 12.9. The molecule has 0 radical (unpaired) electrons. The van der Waals surface area contributed by atoms with Crippen molar-refractivity contribution in [2.45, 2.75) is 38.6 Å². The third-order valence-corrected chi connectivity index (χ3v) is 4.84. The molecule has 1 spiro atoms. The van der Waals surface area contributed by atoms with Crippen LogP contribution in [0.5, 0.6) is 0 Å². The number of rotatable bonds is 1. The van der Waals surface area contributed by atoms with Gasteiger partial charge in [-0.25, -0.2) is 4.99 Å². The number of aliphatic imine (C=N–C) groups is 1. The quantitative estimate of drug-likeness (QED) is 0.847. The Morgan fingerprint density at radius 3 is 2.82 bits per heavy atom. The van der Waals surface area contributed by atoms with E-state index in [1.807, 2.05) is 6.92 Å². The van der Waals surface area contributed by atoms with E-state index >= 15 is 0 Å². The SMILES string of the molecule is Cc1n[nH]c(C)c1-c1ccc2c(c1)CCC1(COC(N)=N1)C2. The van der Waals surface area contributed by atoms with Crippen LogP contribution in [0.1, 0.15) is 28.9 Å². The zero-order chi connectivity index (χ0) is 15.3. The van der Waals surface area contributed by atoms with Crippen molar-refractivity contribution in [1.82, 2.24) is 10.2 Å². The zero-order valence-electron chi connectivity index (χ0n) is 12.9. The molecule has 1 aliphatic heterocycles. The molecular weight excluding hydrogens is 276 g/mol. The van der Waals surface area contributed by atoms with Crippen LogP contribution in [0.2, 0.25) is 0 Å². The van der Waals surface area contributed by atoms with Crippen molar-refractivity contribution in [3.63, 3.8) is 0 Å². The van der Waals surface area contributed by atoms with Gasteiger partial charge in [-0.15, -0.1) is 0 Å². The second-order valence-corrected chi connectivity index (χ2v) is 6.43. The van der Waals surface area contributed by atoms with Gasteiger partial charge in [0.1, 0.15) is 12.1 Å². The Kier molecular flexibility index (Phi) is 2.79. The van der Waals surface area contributed by atoms with Gasteiger partial charge in [-0.05, 0) is 43.4 Å². The smallest absolute Gasteiger partial charge is 0.282 e. The average molecular weight is 296 g/mol. The van der Waals surface area contributed by atoms with E-state index in [1.54, 1.807) is 0 Å². The molecule has 5 heteroatoms. The highest BCUT2D eigenvalue weighted by Crippen LogP contribution is 2.37. The number of aryl methyl sites for hydroxylation is 3. The number of hydrogen-bond acceptors (Lipinski definition) is 4. The molecule has 0 saturated heterocycles. The van der Waals surface area contributed by atoms with Crippen molar-refractivity contribution in [2.24, 2.45) is 10.7 Å². The molecule has 1 aromatic carbocycles. The summed E-state index contributed by atoms with van der Waals surface area (Å²) in [4.78, 5) is 4.54. The standard InChI is InChI=1S/C17H20N4O/c1-10-15(11(2)21-20-10)13-3-4-14-8-17(6-5-12(14)7-13)9-22-16(18)19-17/h3-4,7H,5-6,8-9H2,1-2H3,(H2,18,19)(H,20,21). The summed E-state index contributed by atoms with van der Waals surface area (Å²) in [5.41, 5.74) is 12.9. The summed E-state index contributed by atoms with van der Waals surface area (Å²) in [7, 11) is 0. The predicted octanol–water partition coefficient (Wildman–Crippen LogP) is 2.27. The Morgan fingerprint density at radius 1 is 1.27 bits per heavy atom. The predicted molar refractivity (Wildman–Crippen MR) is 85.8 cm³/mol. The van der Waals surface area contributed by atoms with Crippen molar-refractivity contribution in [3.8, 4) is 11.1 Å². The molecular formula is C17H20N4O. The minimum absolute atomic E-state index is 0.139. The van der Waals surface area contributed by atoms with Crippen molar-refractivity contribution in [3.05, 3.63) is 40.7 Å². The molecule has 2 heterocycles. The summed E-state index contributed by atoms with van der Waals surface area (Å²) in [5.74, 6) is 0. The summed E-state index contributed by atoms with van der Waals surface area (Å²) in [6, 6.07) is 7.05. The fourth-order valence-electron chi connectivity index (χ4n) is 3.70. The fraction of sp³-hybridized carbons (Fsp3) is 0.412. The van der Waals surface area contributed by atoms with Crippen LogP contribution >= 0.6 is 0 Å². The highest BCUT2D eigenvalue weighted by molar-refractivity contribution is 5.74. The average Bonchev–Trinajstić information content (AvgIpc) is 3.02. The number of benzene rings is 1. The van der Waals surface area contributed by atoms with Crippen LogP contribution in [-0.2, 0) is 17.6 Å². The van der Waals surface area contributed by atoms with E-state index in [0.717, 1.165) is 30.7 Å². The molecule has 2 aromatic rings. The number of nitrogens with zero attached hydrogens (tertiary/aromatic N) is 2. The molecule has 0 fully saturated rings. The Balaban J connectivity index is 1.70. The van der Waals surface area contributed by atoms with Gasteiger partial charge in [-0.3, -0.25) is 5.10 Å². The van der Waals surface area contributed by atoms with Gasteiger partial charge in [0.2, 0.25) is 0 Å². The highest BCUT2D eigenvalue weighted by atomic mass is 16.5. The Labute approximate surface area is 129 Å². The maximum absolute atomic E-state index is 5.70. The normalized spacial score (nSPS) is 23.3. The lowest BCUT2D eigenvalue weighted by Crippen LogP contribution is -2.35. The summed E-state index contributed by atoms with van der Waals surface area (Å²) >= 11 is 0. The molecule has 5 nitrogen and oxygen atoms in total. The summed E-state index contributed by atoms with van der Waals surface area (Å²) < 4.78 is 5.39.